The molecular formula is C23H30N4O3. The first-order chi connectivity index (χ1) is 14.7. The Labute approximate surface area is 177 Å². The number of carbonyl (C=O) groups excluding carboxylic acids is 1. The molecule has 2 heterocycles. The summed E-state index contributed by atoms with van der Waals surface area (Å²) in [6.07, 6.45) is 1.34. The molecule has 7 heteroatoms. The third-order valence-electron chi connectivity index (χ3n) is 5.68. The van der Waals surface area contributed by atoms with Crippen LogP contribution in [0.15, 0.2) is 48.5 Å². The number of para-hydroxylation sites is 2. The lowest BCUT2D eigenvalue weighted by Crippen LogP contribution is -2.36. The average Bonchev–Trinajstić information content (AvgIpc) is 2.80. The molecule has 4 rings (SSSR count). The van der Waals surface area contributed by atoms with Gasteiger partial charge in [-0.2, -0.15) is 0 Å². The number of nitrogens with zero attached hydrogens (tertiary/aromatic N) is 2. The van der Waals surface area contributed by atoms with E-state index in [0.717, 1.165) is 75.0 Å². The van der Waals surface area contributed by atoms with Gasteiger partial charge >= 0.3 is 0 Å². The number of aliphatic hydroxyl groups excluding tert-OH is 1. The number of anilines is 4. The maximum Gasteiger partial charge on any atom is 0.243 e. The summed E-state index contributed by atoms with van der Waals surface area (Å²) in [5.74, 6) is -0.0852. The monoisotopic (exact) mass is 410 g/mol. The minimum atomic E-state index is -0.207. The normalized spacial score (nSPS) is 17.6. The van der Waals surface area contributed by atoms with Gasteiger partial charge in [0.1, 0.15) is 0 Å². The second kappa shape index (κ2) is 9.82. The van der Waals surface area contributed by atoms with Crippen molar-refractivity contribution in [2.24, 2.45) is 0 Å². The van der Waals surface area contributed by atoms with Gasteiger partial charge in [0.15, 0.2) is 0 Å². The number of nitrogens with one attached hydrogen (secondary N) is 2. The van der Waals surface area contributed by atoms with Gasteiger partial charge in [0.25, 0.3) is 0 Å². The van der Waals surface area contributed by atoms with E-state index >= 15 is 0 Å². The SMILES string of the molecule is O=C(CNc1ccccc1N1CCC(O)CC1)Nc1ccc(N2CCOCC2)cc1. The Morgan fingerprint density at radius 1 is 0.967 bits per heavy atom. The van der Waals surface area contributed by atoms with E-state index in [0.29, 0.717) is 0 Å². The van der Waals surface area contributed by atoms with Gasteiger partial charge < -0.3 is 30.3 Å². The first-order valence-corrected chi connectivity index (χ1v) is 10.7. The summed E-state index contributed by atoms with van der Waals surface area (Å²) in [4.78, 5) is 17.0. The van der Waals surface area contributed by atoms with Crippen LogP contribution >= 0.6 is 0 Å². The summed E-state index contributed by atoms with van der Waals surface area (Å²) in [5, 5.41) is 16.0. The molecule has 2 aliphatic heterocycles. The summed E-state index contributed by atoms with van der Waals surface area (Å²) >= 11 is 0. The first-order valence-electron chi connectivity index (χ1n) is 10.7. The highest BCUT2D eigenvalue weighted by Crippen LogP contribution is 2.28. The smallest absolute Gasteiger partial charge is 0.243 e. The highest BCUT2D eigenvalue weighted by atomic mass is 16.5. The van der Waals surface area contributed by atoms with Crippen LogP contribution in [0.4, 0.5) is 22.7 Å². The summed E-state index contributed by atoms with van der Waals surface area (Å²) in [6.45, 7) is 5.13. The van der Waals surface area contributed by atoms with E-state index < -0.39 is 0 Å². The molecular weight excluding hydrogens is 380 g/mol. The van der Waals surface area contributed by atoms with Crippen LogP contribution in [-0.4, -0.2) is 63.1 Å². The van der Waals surface area contributed by atoms with Crippen molar-refractivity contribution in [2.75, 3.05) is 66.4 Å². The first kappa shape index (κ1) is 20.5. The van der Waals surface area contributed by atoms with Crippen LogP contribution in [0.1, 0.15) is 12.8 Å². The Morgan fingerprint density at radius 2 is 1.67 bits per heavy atom. The highest BCUT2D eigenvalue weighted by molar-refractivity contribution is 5.94. The molecule has 2 fully saturated rings. The number of ether oxygens (including phenoxy) is 1. The molecule has 2 aromatic rings. The second-order valence-electron chi connectivity index (χ2n) is 7.78. The molecule has 0 radical (unpaired) electrons. The van der Waals surface area contributed by atoms with Crippen LogP contribution in [0.25, 0.3) is 0 Å². The topological polar surface area (TPSA) is 77.1 Å². The van der Waals surface area contributed by atoms with Crippen molar-refractivity contribution in [3.05, 3.63) is 48.5 Å². The molecule has 0 spiro atoms. The fraction of sp³-hybridized carbons (Fsp3) is 0.435. The number of morpholine rings is 1. The van der Waals surface area contributed by atoms with Crippen molar-refractivity contribution in [1.29, 1.82) is 0 Å². The average molecular weight is 411 g/mol. The van der Waals surface area contributed by atoms with E-state index in [4.69, 9.17) is 4.74 Å². The van der Waals surface area contributed by atoms with Crippen molar-refractivity contribution in [3.8, 4) is 0 Å². The van der Waals surface area contributed by atoms with Gasteiger partial charge in [0.05, 0.1) is 37.2 Å². The molecule has 0 aromatic heterocycles. The molecule has 2 aliphatic rings. The van der Waals surface area contributed by atoms with Crippen molar-refractivity contribution < 1.29 is 14.6 Å². The number of carbonyl (C=O) groups is 1. The lowest BCUT2D eigenvalue weighted by Gasteiger charge is -2.32. The second-order valence-corrected chi connectivity index (χ2v) is 7.78. The molecule has 1 amide bonds. The van der Waals surface area contributed by atoms with Crippen molar-refractivity contribution in [2.45, 2.75) is 18.9 Å². The van der Waals surface area contributed by atoms with Gasteiger partial charge in [-0.1, -0.05) is 12.1 Å². The van der Waals surface area contributed by atoms with E-state index in [-0.39, 0.29) is 18.6 Å². The molecule has 0 atom stereocenters. The van der Waals surface area contributed by atoms with Crippen molar-refractivity contribution >= 4 is 28.7 Å². The predicted octanol–water partition coefficient (Wildman–Crippen LogP) is 2.53. The van der Waals surface area contributed by atoms with E-state index in [1.807, 2.05) is 42.5 Å². The van der Waals surface area contributed by atoms with Crippen molar-refractivity contribution in [1.82, 2.24) is 0 Å². The Bertz CT molecular complexity index is 829. The molecule has 2 saturated heterocycles. The van der Waals surface area contributed by atoms with Gasteiger partial charge in [-0.15, -0.1) is 0 Å². The van der Waals surface area contributed by atoms with Crippen LogP contribution in [0.2, 0.25) is 0 Å². The molecule has 0 bridgehead atoms. The minimum absolute atomic E-state index is 0.0852. The van der Waals surface area contributed by atoms with E-state index in [9.17, 15) is 9.90 Å². The predicted molar refractivity (Wildman–Crippen MR) is 120 cm³/mol. The molecule has 0 aliphatic carbocycles. The molecule has 0 unspecified atom stereocenters. The number of amides is 1. The van der Waals surface area contributed by atoms with Gasteiger partial charge in [-0.05, 0) is 49.2 Å². The Morgan fingerprint density at radius 3 is 2.40 bits per heavy atom. The molecule has 3 N–H and O–H groups in total. The van der Waals surface area contributed by atoms with Crippen LogP contribution in [0.5, 0.6) is 0 Å². The lowest BCUT2D eigenvalue weighted by atomic mass is 10.1. The largest absolute Gasteiger partial charge is 0.393 e. The third kappa shape index (κ3) is 5.23. The van der Waals surface area contributed by atoms with E-state index in [2.05, 4.69) is 26.5 Å². The lowest BCUT2D eigenvalue weighted by molar-refractivity contribution is -0.114. The van der Waals surface area contributed by atoms with E-state index in [1.165, 1.54) is 0 Å². The van der Waals surface area contributed by atoms with Crippen LogP contribution in [0, 0.1) is 0 Å². The quantitative estimate of drug-likeness (QED) is 0.680. The number of benzene rings is 2. The van der Waals surface area contributed by atoms with Gasteiger partial charge in [0.2, 0.25) is 5.91 Å². The molecule has 0 saturated carbocycles. The number of hydrogen-bond acceptors (Lipinski definition) is 6. The highest BCUT2D eigenvalue weighted by Gasteiger charge is 2.19. The minimum Gasteiger partial charge on any atom is -0.393 e. The van der Waals surface area contributed by atoms with Gasteiger partial charge in [0, 0.05) is 37.6 Å². The number of aliphatic hydroxyl groups is 1. The maximum absolute atomic E-state index is 12.5. The summed E-state index contributed by atoms with van der Waals surface area (Å²) in [7, 11) is 0. The van der Waals surface area contributed by atoms with Crippen LogP contribution in [0.3, 0.4) is 0 Å². The van der Waals surface area contributed by atoms with E-state index in [1.54, 1.807) is 0 Å². The number of rotatable bonds is 6. The molecule has 160 valence electrons. The van der Waals surface area contributed by atoms with Crippen LogP contribution < -0.4 is 20.4 Å². The zero-order valence-electron chi connectivity index (χ0n) is 17.2. The zero-order chi connectivity index (χ0) is 20.8. The fourth-order valence-corrected chi connectivity index (χ4v) is 3.96. The summed E-state index contributed by atoms with van der Waals surface area (Å²) in [5.41, 5.74) is 3.95. The number of hydrogen-bond donors (Lipinski definition) is 3. The summed E-state index contributed by atoms with van der Waals surface area (Å²) < 4.78 is 5.39. The maximum atomic E-state index is 12.5. The summed E-state index contributed by atoms with van der Waals surface area (Å²) in [6, 6.07) is 16.0. The van der Waals surface area contributed by atoms with Gasteiger partial charge in [-0.25, -0.2) is 0 Å². The number of piperidine rings is 1. The molecule has 30 heavy (non-hydrogen) atoms. The fourth-order valence-electron chi connectivity index (χ4n) is 3.96. The standard InChI is InChI=1S/C23H30N4O3/c28-20-9-11-27(12-10-20)22-4-2-1-3-21(22)24-17-23(29)25-18-5-7-19(8-6-18)26-13-15-30-16-14-26/h1-8,20,24,28H,9-17H2,(H,25,29). The van der Waals surface area contributed by atoms with Gasteiger partial charge in [-0.3, -0.25) is 4.79 Å². The Hall–Kier alpha value is -2.77. The van der Waals surface area contributed by atoms with Crippen molar-refractivity contribution in [3.63, 3.8) is 0 Å². The third-order valence-corrected chi connectivity index (χ3v) is 5.68. The van der Waals surface area contributed by atoms with Crippen LogP contribution in [-0.2, 0) is 9.53 Å². The Kier molecular flexibility index (Phi) is 6.71. The molecule has 7 nitrogen and oxygen atoms in total. The Balaban J connectivity index is 1.31. The molecule has 2 aromatic carbocycles. The zero-order valence-corrected chi connectivity index (χ0v) is 17.2.